The van der Waals surface area contributed by atoms with E-state index in [1.807, 2.05) is 4.90 Å². The molecular weight excluding hydrogens is 362 g/mol. The lowest BCUT2D eigenvalue weighted by molar-refractivity contribution is -0.134. The lowest BCUT2D eigenvalue weighted by Crippen LogP contribution is -2.57. The summed E-state index contributed by atoms with van der Waals surface area (Å²) in [5.41, 5.74) is 1.53. The van der Waals surface area contributed by atoms with Gasteiger partial charge in [0.1, 0.15) is 0 Å². The van der Waals surface area contributed by atoms with Crippen LogP contribution < -0.4 is 0 Å². The number of hydrogen-bond acceptors (Lipinski definition) is 3. The average Bonchev–Trinajstić information content (AvgIpc) is 3.14. The molecule has 2 heterocycles. The van der Waals surface area contributed by atoms with Crippen molar-refractivity contribution >= 4 is 11.8 Å². The lowest BCUT2D eigenvalue weighted by atomic mass is 9.64. The van der Waals surface area contributed by atoms with Crippen LogP contribution in [0.5, 0.6) is 0 Å². The third-order valence-electron chi connectivity index (χ3n) is 7.64. The summed E-state index contributed by atoms with van der Waals surface area (Å²) in [4.78, 5) is 31.4. The van der Waals surface area contributed by atoms with Crippen molar-refractivity contribution in [2.24, 2.45) is 0 Å². The molecule has 0 aromatic heterocycles. The molecule has 5 heteroatoms. The van der Waals surface area contributed by atoms with Crippen LogP contribution >= 0.6 is 0 Å². The molecule has 1 saturated carbocycles. The molecule has 0 unspecified atom stereocenters. The van der Waals surface area contributed by atoms with Crippen LogP contribution in [0.3, 0.4) is 0 Å². The quantitative estimate of drug-likeness (QED) is 0.784. The number of benzene rings is 1. The Labute approximate surface area is 175 Å². The predicted molar refractivity (Wildman–Crippen MR) is 115 cm³/mol. The molecule has 1 aliphatic carbocycles. The zero-order valence-electron chi connectivity index (χ0n) is 18.0. The van der Waals surface area contributed by atoms with Crippen LogP contribution in [0.15, 0.2) is 30.3 Å². The van der Waals surface area contributed by atoms with Gasteiger partial charge in [0.2, 0.25) is 11.8 Å². The summed E-state index contributed by atoms with van der Waals surface area (Å²) in [6.45, 7) is 8.23. The minimum absolute atomic E-state index is 0.113. The number of amides is 2. The second-order valence-electron chi connectivity index (χ2n) is 9.10. The summed E-state index contributed by atoms with van der Waals surface area (Å²) in [5.74, 6) is 0.515. The molecule has 0 bridgehead atoms. The molecule has 158 valence electrons. The van der Waals surface area contributed by atoms with Gasteiger partial charge in [-0.3, -0.25) is 14.5 Å². The molecule has 3 fully saturated rings. The molecule has 4 rings (SSSR count). The normalized spacial score (nSPS) is 30.3. The van der Waals surface area contributed by atoms with Crippen molar-refractivity contribution in [3.63, 3.8) is 0 Å². The van der Waals surface area contributed by atoms with Crippen molar-refractivity contribution in [3.8, 4) is 0 Å². The molecule has 29 heavy (non-hydrogen) atoms. The highest BCUT2D eigenvalue weighted by Gasteiger charge is 2.53. The highest BCUT2D eigenvalue weighted by Crippen LogP contribution is 2.50. The topological polar surface area (TPSA) is 43.9 Å². The Bertz CT molecular complexity index is 729. The van der Waals surface area contributed by atoms with E-state index < -0.39 is 0 Å². The Morgan fingerprint density at radius 1 is 1.03 bits per heavy atom. The maximum Gasteiger partial charge on any atom is 0.222 e. The first-order valence-electron chi connectivity index (χ1n) is 11.4. The van der Waals surface area contributed by atoms with E-state index in [0.717, 1.165) is 58.4 Å². The molecule has 3 atom stereocenters. The monoisotopic (exact) mass is 397 g/mol. The summed E-state index contributed by atoms with van der Waals surface area (Å²) < 4.78 is 0. The smallest absolute Gasteiger partial charge is 0.222 e. The van der Waals surface area contributed by atoms with Crippen molar-refractivity contribution in [2.45, 2.75) is 69.9 Å². The van der Waals surface area contributed by atoms with Gasteiger partial charge < -0.3 is 9.80 Å². The van der Waals surface area contributed by atoms with E-state index in [1.165, 1.54) is 12.0 Å². The number of rotatable bonds is 4. The summed E-state index contributed by atoms with van der Waals surface area (Å²) >= 11 is 0. The molecule has 5 nitrogen and oxygen atoms in total. The third-order valence-corrected chi connectivity index (χ3v) is 7.64. The molecule has 2 saturated heterocycles. The zero-order chi connectivity index (χ0) is 20.4. The van der Waals surface area contributed by atoms with E-state index >= 15 is 0 Å². The van der Waals surface area contributed by atoms with E-state index in [9.17, 15) is 9.59 Å². The van der Waals surface area contributed by atoms with Gasteiger partial charge >= 0.3 is 0 Å². The van der Waals surface area contributed by atoms with Crippen LogP contribution in [0.25, 0.3) is 0 Å². The van der Waals surface area contributed by atoms with Crippen molar-refractivity contribution in [1.82, 2.24) is 14.7 Å². The van der Waals surface area contributed by atoms with E-state index in [4.69, 9.17) is 0 Å². The minimum atomic E-state index is 0.113. The number of carbonyl (C=O) groups excluding carboxylic acids is 2. The van der Waals surface area contributed by atoms with Crippen molar-refractivity contribution in [3.05, 3.63) is 35.9 Å². The summed E-state index contributed by atoms with van der Waals surface area (Å²) in [5, 5.41) is 0. The Balaban J connectivity index is 1.54. The third kappa shape index (κ3) is 3.81. The lowest BCUT2D eigenvalue weighted by Gasteiger charge is -2.49. The van der Waals surface area contributed by atoms with Crippen molar-refractivity contribution in [1.29, 1.82) is 0 Å². The Kier molecular flexibility index (Phi) is 5.95. The number of likely N-dealkylation sites (tertiary alicyclic amines) is 1. The van der Waals surface area contributed by atoms with Gasteiger partial charge in [0.15, 0.2) is 0 Å². The fourth-order valence-electron chi connectivity index (χ4n) is 6.03. The number of carbonyl (C=O) groups is 2. The summed E-state index contributed by atoms with van der Waals surface area (Å²) in [6.07, 6.45) is 6.04. The predicted octanol–water partition coefficient (Wildman–Crippen LogP) is 3.04. The van der Waals surface area contributed by atoms with Crippen LogP contribution in [0, 0.1) is 0 Å². The molecule has 0 radical (unpaired) electrons. The van der Waals surface area contributed by atoms with E-state index in [-0.39, 0.29) is 11.3 Å². The van der Waals surface area contributed by atoms with Crippen molar-refractivity contribution < 1.29 is 9.59 Å². The fraction of sp³-hybridized carbons (Fsp3) is 0.667. The molecular formula is C24H35N3O2. The number of nitrogens with zero attached hydrogens (tertiary/aromatic N) is 3. The van der Waals surface area contributed by atoms with Gasteiger partial charge in [0.25, 0.3) is 0 Å². The van der Waals surface area contributed by atoms with Crippen LogP contribution in [0.4, 0.5) is 0 Å². The number of fused-ring (bicyclic) bond motifs is 1. The van der Waals surface area contributed by atoms with E-state index in [0.29, 0.717) is 24.4 Å². The standard InChI is InChI=1S/C24H35N3O2/c1-3-7-23(29)27-13-12-24(20-8-5-4-6-9-20)11-10-21(18-22(24)27)26-16-14-25(15-17-26)19(2)28/h4-6,8-9,21-22H,3,7,10-18H2,1-2H3/t21-,22-,24+/m1/s1. The van der Waals surface area contributed by atoms with Crippen LogP contribution in [-0.2, 0) is 15.0 Å². The van der Waals surface area contributed by atoms with E-state index in [1.54, 1.807) is 6.92 Å². The molecule has 1 aromatic carbocycles. The maximum absolute atomic E-state index is 12.9. The van der Waals surface area contributed by atoms with Crippen molar-refractivity contribution in [2.75, 3.05) is 32.7 Å². The second-order valence-corrected chi connectivity index (χ2v) is 9.10. The van der Waals surface area contributed by atoms with Crippen LogP contribution in [-0.4, -0.2) is 71.3 Å². The first-order valence-corrected chi connectivity index (χ1v) is 11.4. The van der Waals surface area contributed by atoms with Gasteiger partial charge in [-0.15, -0.1) is 0 Å². The molecule has 2 amide bonds. The molecule has 0 N–H and O–H groups in total. The highest BCUT2D eigenvalue weighted by molar-refractivity contribution is 5.77. The largest absolute Gasteiger partial charge is 0.340 e. The van der Waals surface area contributed by atoms with Crippen LogP contribution in [0.1, 0.15) is 57.9 Å². The minimum Gasteiger partial charge on any atom is -0.340 e. The molecule has 0 spiro atoms. The SMILES string of the molecule is CCCC(=O)N1CC[C@]2(c3ccccc3)CC[C@@H](N3CCN(C(C)=O)CC3)C[C@@H]12. The number of piperazine rings is 1. The van der Waals surface area contributed by atoms with Gasteiger partial charge in [-0.05, 0) is 37.7 Å². The second kappa shape index (κ2) is 8.47. The van der Waals surface area contributed by atoms with Gasteiger partial charge in [0, 0.05) is 63.6 Å². The maximum atomic E-state index is 12.9. The van der Waals surface area contributed by atoms with Crippen LogP contribution in [0.2, 0.25) is 0 Å². The van der Waals surface area contributed by atoms with Gasteiger partial charge in [-0.1, -0.05) is 37.3 Å². The van der Waals surface area contributed by atoms with Gasteiger partial charge in [-0.25, -0.2) is 0 Å². The molecule has 2 aliphatic heterocycles. The first-order chi connectivity index (χ1) is 14.0. The first kappa shape index (κ1) is 20.4. The molecule has 1 aromatic rings. The van der Waals surface area contributed by atoms with E-state index in [2.05, 4.69) is 47.1 Å². The Hall–Kier alpha value is -1.88. The Morgan fingerprint density at radius 2 is 1.76 bits per heavy atom. The Morgan fingerprint density at radius 3 is 2.41 bits per heavy atom. The van der Waals surface area contributed by atoms with Gasteiger partial charge in [0.05, 0.1) is 0 Å². The van der Waals surface area contributed by atoms with Gasteiger partial charge in [-0.2, -0.15) is 0 Å². The summed E-state index contributed by atoms with van der Waals surface area (Å²) in [6, 6.07) is 11.7. The zero-order valence-corrected chi connectivity index (χ0v) is 18.0. The number of hydrogen-bond donors (Lipinski definition) is 0. The fourth-order valence-corrected chi connectivity index (χ4v) is 6.03. The average molecular weight is 398 g/mol. The highest BCUT2D eigenvalue weighted by atomic mass is 16.2. The molecule has 3 aliphatic rings. The summed E-state index contributed by atoms with van der Waals surface area (Å²) in [7, 11) is 0.